The molecule has 0 spiro atoms. The van der Waals surface area contributed by atoms with Crippen LogP contribution in [0.4, 0.5) is 11.4 Å². The molecule has 0 bridgehead atoms. The zero-order valence-electron chi connectivity index (χ0n) is 11.7. The Morgan fingerprint density at radius 2 is 1.85 bits per heavy atom. The van der Waals surface area contributed by atoms with Crippen molar-refractivity contribution in [2.75, 3.05) is 34.8 Å². The van der Waals surface area contributed by atoms with Crippen molar-refractivity contribution in [3.8, 4) is 0 Å². The summed E-state index contributed by atoms with van der Waals surface area (Å²) in [5.41, 5.74) is 2.30. The third-order valence-electron chi connectivity index (χ3n) is 4.17. The molecule has 0 aromatic heterocycles. The predicted octanol–water partition coefficient (Wildman–Crippen LogP) is 2.28. The van der Waals surface area contributed by atoms with E-state index in [0.29, 0.717) is 5.75 Å². The van der Waals surface area contributed by atoms with E-state index >= 15 is 0 Å². The molecule has 0 radical (unpaired) electrons. The van der Waals surface area contributed by atoms with Gasteiger partial charge in [-0.3, -0.25) is 0 Å². The number of nitrogens with one attached hydrogen (secondary N) is 1. The first-order valence-electron chi connectivity index (χ1n) is 7.45. The second-order valence-electron chi connectivity index (χ2n) is 5.81. The zero-order chi connectivity index (χ0) is 14.0. The van der Waals surface area contributed by atoms with Gasteiger partial charge in [0.05, 0.1) is 22.9 Å². The Hall–Kier alpha value is -1.23. The Morgan fingerprint density at radius 1 is 1.10 bits per heavy atom. The van der Waals surface area contributed by atoms with Crippen LogP contribution >= 0.6 is 0 Å². The summed E-state index contributed by atoms with van der Waals surface area (Å²) < 4.78 is 23.5. The summed E-state index contributed by atoms with van der Waals surface area (Å²) >= 11 is 0. The minimum atomic E-state index is -2.86. The van der Waals surface area contributed by atoms with Gasteiger partial charge in [0.25, 0.3) is 0 Å². The SMILES string of the molecule is O=S1(=O)CCCC(Nc2ccccc2N2CCCC2)C1. The molecule has 0 aliphatic carbocycles. The van der Waals surface area contributed by atoms with E-state index in [1.807, 2.05) is 6.07 Å². The number of anilines is 2. The highest BCUT2D eigenvalue weighted by Gasteiger charge is 2.25. The van der Waals surface area contributed by atoms with Crippen molar-refractivity contribution in [1.29, 1.82) is 0 Å². The lowest BCUT2D eigenvalue weighted by Gasteiger charge is -2.27. The Bertz CT molecular complexity index is 565. The van der Waals surface area contributed by atoms with Crippen LogP contribution < -0.4 is 10.2 Å². The number of rotatable bonds is 3. The highest BCUT2D eigenvalue weighted by Crippen LogP contribution is 2.30. The molecule has 1 atom stereocenters. The third kappa shape index (κ3) is 3.08. The van der Waals surface area contributed by atoms with E-state index in [1.54, 1.807) is 0 Å². The molecule has 1 unspecified atom stereocenters. The maximum absolute atomic E-state index is 11.7. The Kier molecular flexibility index (Phi) is 3.87. The van der Waals surface area contributed by atoms with Gasteiger partial charge in [0.2, 0.25) is 0 Å². The minimum Gasteiger partial charge on any atom is -0.380 e. The molecule has 3 rings (SSSR count). The van der Waals surface area contributed by atoms with Crippen molar-refractivity contribution >= 4 is 21.2 Å². The lowest BCUT2D eigenvalue weighted by Crippen LogP contribution is -2.35. The first-order valence-corrected chi connectivity index (χ1v) is 9.27. The highest BCUT2D eigenvalue weighted by atomic mass is 32.2. The van der Waals surface area contributed by atoms with E-state index in [9.17, 15) is 8.42 Å². The molecule has 4 nitrogen and oxygen atoms in total. The molecule has 2 aliphatic rings. The highest BCUT2D eigenvalue weighted by molar-refractivity contribution is 7.91. The topological polar surface area (TPSA) is 49.4 Å². The van der Waals surface area contributed by atoms with Gasteiger partial charge in [-0.25, -0.2) is 8.42 Å². The molecule has 0 amide bonds. The summed E-state index contributed by atoms with van der Waals surface area (Å²) in [4.78, 5) is 2.39. The molecule has 2 heterocycles. The number of hydrogen-bond acceptors (Lipinski definition) is 4. The van der Waals surface area contributed by atoms with E-state index in [1.165, 1.54) is 18.5 Å². The van der Waals surface area contributed by atoms with Crippen LogP contribution in [0, 0.1) is 0 Å². The molecule has 1 aromatic rings. The van der Waals surface area contributed by atoms with Crippen LogP contribution in [-0.2, 0) is 9.84 Å². The van der Waals surface area contributed by atoms with Crippen molar-refractivity contribution in [1.82, 2.24) is 0 Å². The van der Waals surface area contributed by atoms with E-state index in [4.69, 9.17) is 0 Å². The first kappa shape index (κ1) is 13.7. The standard InChI is InChI=1S/C15H22N2O2S/c18-20(19)11-5-6-13(12-20)16-14-7-1-2-8-15(14)17-9-3-4-10-17/h1-2,7-8,13,16H,3-6,9-12H2. The van der Waals surface area contributed by atoms with Gasteiger partial charge < -0.3 is 10.2 Å². The van der Waals surface area contributed by atoms with Crippen LogP contribution in [0.25, 0.3) is 0 Å². The normalized spacial score (nSPS) is 25.6. The molecule has 5 heteroatoms. The number of benzene rings is 1. The predicted molar refractivity (Wildman–Crippen MR) is 83.2 cm³/mol. The maximum Gasteiger partial charge on any atom is 0.152 e. The molecule has 1 aromatic carbocycles. The molecule has 110 valence electrons. The average Bonchev–Trinajstić information content (AvgIpc) is 2.92. The number of hydrogen-bond donors (Lipinski definition) is 1. The van der Waals surface area contributed by atoms with Crippen LogP contribution in [0.15, 0.2) is 24.3 Å². The molecular weight excluding hydrogens is 272 g/mol. The van der Waals surface area contributed by atoms with Crippen molar-refractivity contribution < 1.29 is 8.42 Å². The number of para-hydroxylation sites is 2. The Morgan fingerprint density at radius 3 is 2.60 bits per heavy atom. The van der Waals surface area contributed by atoms with Gasteiger partial charge in [0, 0.05) is 19.1 Å². The largest absolute Gasteiger partial charge is 0.380 e. The fourth-order valence-electron chi connectivity index (χ4n) is 3.19. The van der Waals surface area contributed by atoms with Gasteiger partial charge in [-0.15, -0.1) is 0 Å². The van der Waals surface area contributed by atoms with Crippen molar-refractivity contribution in [3.63, 3.8) is 0 Å². The quantitative estimate of drug-likeness (QED) is 0.929. The summed E-state index contributed by atoms with van der Waals surface area (Å²) in [6.45, 7) is 2.20. The fraction of sp³-hybridized carbons (Fsp3) is 0.600. The average molecular weight is 294 g/mol. The lowest BCUT2D eigenvalue weighted by atomic mass is 10.1. The number of nitrogens with zero attached hydrogens (tertiary/aromatic N) is 1. The second-order valence-corrected chi connectivity index (χ2v) is 8.04. The van der Waals surface area contributed by atoms with Crippen LogP contribution in [0.3, 0.4) is 0 Å². The monoisotopic (exact) mass is 294 g/mol. The van der Waals surface area contributed by atoms with Crippen molar-refractivity contribution in [2.24, 2.45) is 0 Å². The smallest absolute Gasteiger partial charge is 0.152 e. The van der Waals surface area contributed by atoms with Gasteiger partial charge in [0.15, 0.2) is 9.84 Å². The lowest BCUT2D eigenvalue weighted by molar-refractivity contribution is 0.562. The molecule has 20 heavy (non-hydrogen) atoms. The molecule has 1 N–H and O–H groups in total. The van der Waals surface area contributed by atoms with E-state index < -0.39 is 9.84 Å². The van der Waals surface area contributed by atoms with Gasteiger partial charge in [0.1, 0.15) is 0 Å². The summed E-state index contributed by atoms with van der Waals surface area (Å²) in [6.07, 6.45) is 4.19. The Labute approximate surface area is 121 Å². The second kappa shape index (κ2) is 5.64. The van der Waals surface area contributed by atoms with Crippen molar-refractivity contribution in [2.45, 2.75) is 31.7 Å². The third-order valence-corrected chi connectivity index (χ3v) is 5.99. The zero-order valence-corrected chi connectivity index (χ0v) is 12.5. The van der Waals surface area contributed by atoms with E-state index in [0.717, 1.165) is 31.6 Å². The first-order chi connectivity index (χ1) is 9.64. The van der Waals surface area contributed by atoms with Crippen molar-refractivity contribution in [3.05, 3.63) is 24.3 Å². The fourth-order valence-corrected chi connectivity index (χ4v) is 4.82. The van der Waals surface area contributed by atoms with Crippen LogP contribution in [0.2, 0.25) is 0 Å². The van der Waals surface area contributed by atoms with Gasteiger partial charge in [-0.2, -0.15) is 0 Å². The molecular formula is C15H22N2O2S. The molecule has 0 saturated carbocycles. The minimum absolute atomic E-state index is 0.0532. The molecule has 2 aliphatic heterocycles. The van der Waals surface area contributed by atoms with E-state index in [2.05, 4.69) is 28.4 Å². The van der Waals surface area contributed by atoms with Gasteiger partial charge >= 0.3 is 0 Å². The van der Waals surface area contributed by atoms with Gasteiger partial charge in [-0.05, 0) is 37.8 Å². The van der Waals surface area contributed by atoms with E-state index in [-0.39, 0.29) is 11.8 Å². The maximum atomic E-state index is 11.7. The van der Waals surface area contributed by atoms with Gasteiger partial charge in [-0.1, -0.05) is 12.1 Å². The van der Waals surface area contributed by atoms with Crippen LogP contribution in [-0.4, -0.2) is 39.1 Å². The Balaban J connectivity index is 1.77. The summed E-state index contributed by atoms with van der Waals surface area (Å²) in [5, 5.41) is 3.46. The molecule has 2 saturated heterocycles. The summed E-state index contributed by atoms with van der Waals surface area (Å²) in [5.74, 6) is 0.611. The number of sulfone groups is 1. The summed E-state index contributed by atoms with van der Waals surface area (Å²) in [6, 6.07) is 8.31. The van der Waals surface area contributed by atoms with Crippen LogP contribution in [0.1, 0.15) is 25.7 Å². The van der Waals surface area contributed by atoms with Crippen LogP contribution in [0.5, 0.6) is 0 Å². The summed E-state index contributed by atoms with van der Waals surface area (Å²) in [7, 11) is -2.86. The molecule has 2 fully saturated rings.